The molecule has 0 saturated carbocycles. The molecule has 2 rings (SSSR count). The van der Waals surface area contributed by atoms with E-state index in [-0.39, 0.29) is 31.3 Å². The summed E-state index contributed by atoms with van der Waals surface area (Å²) < 4.78 is 0. The summed E-state index contributed by atoms with van der Waals surface area (Å²) in [5.74, 6) is -1.06. The minimum absolute atomic E-state index is 0.0312. The lowest BCUT2D eigenvalue weighted by molar-refractivity contribution is -0.140. The molecule has 0 bridgehead atoms. The first-order valence-electron chi connectivity index (χ1n) is 10.2. The van der Waals surface area contributed by atoms with Crippen LogP contribution in [-0.4, -0.2) is 47.2 Å². The topological polar surface area (TPSA) is 93.5 Å². The zero-order valence-corrected chi connectivity index (χ0v) is 18.0. The van der Waals surface area contributed by atoms with Crippen LogP contribution in [-0.2, 0) is 27.3 Å². The van der Waals surface area contributed by atoms with Gasteiger partial charge in [0.15, 0.2) is 6.19 Å². The Morgan fingerprint density at radius 2 is 1.48 bits per heavy atom. The summed E-state index contributed by atoms with van der Waals surface area (Å²) in [6.45, 7) is 4.07. The number of amides is 3. The summed E-state index contributed by atoms with van der Waals surface area (Å²) >= 11 is 0. The number of carbonyl (C=O) groups is 3. The molecular formula is C24H28N4O3. The molecule has 0 saturated heterocycles. The van der Waals surface area contributed by atoms with E-state index in [9.17, 15) is 19.6 Å². The molecule has 0 aliphatic rings. The number of nitrogens with one attached hydrogen (secondary N) is 1. The van der Waals surface area contributed by atoms with Gasteiger partial charge in [-0.1, -0.05) is 74.5 Å². The highest BCUT2D eigenvalue weighted by molar-refractivity contribution is 5.89. The third-order valence-corrected chi connectivity index (χ3v) is 4.52. The zero-order valence-electron chi connectivity index (χ0n) is 18.0. The standard InChI is InChI=1S/C24H28N4O3/c1-19(2)15-27(16-22(29)26-14-21-11-7-4-8-12-21)24(31)17-28(18-25)23(30)13-20-9-5-3-6-10-20/h3-12,19H,13-17H2,1-2H3,(H,26,29). The Morgan fingerprint density at radius 3 is 2.03 bits per heavy atom. The van der Waals surface area contributed by atoms with E-state index in [0.29, 0.717) is 13.1 Å². The molecule has 0 aromatic heterocycles. The Hall–Kier alpha value is -3.66. The van der Waals surface area contributed by atoms with Gasteiger partial charge in [-0.3, -0.25) is 14.4 Å². The van der Waals surface area contributed by atoms with Crippen LogP contribution in [0.5, 0.6) is 0 Å². The fourth-order valence-electron chi connectivity index (χ4n) is 3.00. The van der Waals surface area contributed by atoms with Crippen molar-refractivity contribution in [3.05, 3.63) is 71.8 Å². The normalized spacial score (nSPS) is 10.3. The van der Waals surface area contributed by atoms with Crippen molar-refractivity contribution in [1.29, 1.82) is 5.26 Å². The molecule has 0 unspecified atom stereocenters. The average molecular weight is 421 g/mol. The van der Waals surface area contributed by atoms with Crippen molar-refractivity contribution < 1.29 is 14.4 Å². The van der Waals surface area contributed by atoms with E-state index in [2.05, 4.69) is 5.32 Å². The number of benzene rings is 2. The maximum Gasteiger partial charge on any atom is 0.243 e. The van der Waals surface area contributed by atoms with Gasteiger partial charge < -0.3 is 10.2 Å². The molecule has 0 heterocycles. The van der Waals surface area contributed by atoms with Crippen LogP contribution in [0.25, 0.3) is 0 Å². The second kappa shape index (κ2) is 12.1. The minimum Gasteiger partial charge on any atom is -0.350 e. The molecule has 0 aliphatic heterocycles. The van der Waals surface area contributed by atoms with Gasteiger partial charge in [-0.05, 0) is 17.0 Å². The largest absolute Gasteiger partial charge is 0.350 e. The lowest BCUT2D eigenvalue weighted by Crippen LogP contribution is -2.46. The van der Waals surface area contributed by atoms with Crippen molar-refractivity contribution in [3.8, 4) is 6.19 Å². The van der Waals surface area contributed by atoms with Gasteiger partial charge in [0, 0.05) is 13.1 Å². The van der Waals surface area contributed by atoms with E-state index >= 15 is 0 Å². The van der Waals surface area contributed by atoms with Crippen LogP contribution in [0.1, 0.15) is 25.0 Å². The van der Waals surface area contributed by atoms with Crippen molar-refractivity contribution >= 4 is 17.7 Å². The van der Waals surface area contributed by atoms with Gasteiger partial charge in [0.1, 0.15) is 6.54 Å². The number of rotatable bonds is 10. The van der Waals surface area contributed by atoms with Crippen LogP contribution in [0.15, 0.2) is 60.7 Å². The van der Waals surface area contributed by atoms with Crippen molar-refractivity contribution in [2.75, 3.05) is 19.6 Å². The molecule has 7 nitrogen and oxygen atoms in total. The molecule has 0 spiro atoms. The summed E-state index contributed by atoms with van der Waals surface area (Å²) in [6, 6.07) is 18.5. The van der Waals surface area contributed by atoms with Crippen LogP contribution >= 0.6 is 0 Å². The maximum atomic E-state index is 12.8. The van der Waals surface area contributed by atoms with Gasteiger partial charge in [-0.2, -0.15) is 5.26 Å². The summed E-state index contributed by atoms with van der Waals surface area (Å²) in [4.78, 5) is 39.9. The molecule has 31 heavy (non-hydrogen) atoms. The van der Waals surface area contributed by atoms with Crippen molar-refractivity contribution in [2.24, 2.45) is 5.92 Å². The summed E-state index contributed by atoms with van der Waals surface area (Å²) in [5, 5.41) is 12.2. The van der Waals surface area contributed by atoms with Gasteiger partial charge in [-0.15, -0.1) is 0 Å². The van der Waals surface area contributed by atoms with Gasteiger partial charge in [0.05, 0.1) is 13.0 Å². The van der Waals surface area contributed by atoms with Crippen LogP contribution in [0.2, 0.25) is 0 Å². The smallest absolute Gasteiger partial charge is 0.243 e. The highest BCUT2D eigenvalue weighted by atomic mass is 16.2. The lowest BCUT2D eigenvalue weighted by atomic mass is 10.1. The maximum absolute atomic E-state index is 12.8. The molecule has 162 valence electrons. The zero-order chi connectivity index (χ0) is 22.6. The Morgan fingerprint density at radius 1 is 0.903 bits per heavy atom. The van der Waals surface area contributed by atoms with E-state index in [4.69, 9.17) is 0 Å². The molecule has 7 heteroatoms. The molecule has 0 fully saturated rings. The second-order valence-corrected chi connectivity index (χ2v) is 7.67. The van der Waals surface area contributed by atoms with Crippen LogP contribution in [0.3, 0.4) is 0 Å². The molecule has 1 N–H and O–H groups in total. The average Bonchev–Trinajstić information content (AvgIpc) is 2.76. The van der Waals surface area contributed by atoms with Gasteiger partial charge >= 0.3 is 0 Å². The third-order valence-electron chi connectivity index (χ3n) is 4.52. The Kier molecular flexibility index (Phi) is 9.24. The van der Waals surface area contributed by atoms with Crippen molar-refractivity contribution in [2.45, 2.75) is 26.8 Å². The van der Waals surface area contributed by atoms with Gasteiger partial charge in [0.25, 0.3) is 0 Å². The number of hydrogen-bond donors (Lipinski definition) is 1. The molecule has 3 amide bonds. The Labute approximate surface area is 183 Å². The molecule has 0 radical (unpaired) electrons. The highest BCUT2D eigenvalue weighted by Gasteiger charge is 2.23. The van der Waals surface area contributed by atoms with Crippen LogP contribution < -0.4 is 5.32 Å². The second-order valence-electron chi connectivity index (χ2n) is 7.67. The highest BCUT2D eigenvalue weighted by Crippen LogP contribution is 2.05. The Balaban J connectivity index is 1.96. The molecule has 0 atom stereocenters. The summed E-state index contributed by atoms with van der Waals surface area (Å²) in [7, 11) is 0. The number of carbonyl (C=O) groups excluding carboxylic acids is 3. The molecule has 0 aliphatic carbocycles. The number of hydrogen-bond acceptors (Lipinski definition) is 4. The van der Waals surface area contributed by atoms with Crippen LogP contribution in [0, 0.1) is 17.4 Å². The van der Waals surface area contributed by atoms with E-state index < -0.39 is 11.8 Å². The Bertz CT molecular complexity index is 907. The molecule has 2 aromatic carbocycles. The fraction of sp³-hybridized carbons (Fsp3) is 0.333. The van der Waals surface area contributed by atoms with Crippen molar-refractivity contribution in [1.82, 2.24) is 15.1 Å². The van der Waals surface area contributed by atoms with Gasteiger partial charge in [-0.25, -0.2) is 4.90 Å². The molecular weight excluding hydrogens is 392 g/mol. The first-order valence-corrected chi connectivity index (χ1v) is 10.2. The lowest BCUT2D eigenvalue weighted by Gasteiger charge is -2.25. The van der Waals surface area contributed by atoms with E-state index in [1.165, 1.54) is 4.90 Å². The fourth-order valence-corrected chi connectivity index (χ4v) is 3.00. The van der Waals surface area contributed by atoms with E-state index in [0.717, 1.165) is 16.0 Å². The van der Waals surface area contributed by atoms with Crippen LogP contribution in [0.4, 0.5) is 0 Å². The third kappa shape index (κ3) is 8.31. The predicted molar refractivity (Wildman–Crippen MR) is 117 cm³/mol. The summed E-state index contributed by atoms with van der Waals surface area (Å²) in [6.07, 6.45) is 1.83. The molecule has 2 aromatic rings. The van der Waals surface area contributed by atoms with E-state index in [1.807, 2.05) is 62.4 Å². The van der Waals surface area contributed by atoms with E-state index in [1.54, 1.807) is 18.3 Å². The SMILES string of the molecule is CC(C)CN(CC(=O)NCc1ccccc1)C(=O)CN(C#N)C(=O)Cc1ccccc1. The number of nitriles is 1. The van der Waals surface area contributed by atoms with Crippen molar-refractivity contribution in [3.63, 3.8) is 0 Å². The number of nitrogens with zero attached hydrogens (tertiary/aromatic N) is 3. The first-order chi connectivity index (χ1) is 14.9. The quantitative estimate of drug-likeness (QED) is 0.472. The summed E-state index contributed by atoms with van der Waals surface area (Å²) in [5.41, 5.74) is 1.72. The predicted octanol–water partition coefficient (Wildman–Crippen LogP) is 2.34. The monoisotopic (exact) mass is 420 g/mol. The first kappa shape index (κ1) is 23.6. The minimum atomic E-state index is -0.458. The van der Waals surface area contributed by atoms with Gasteiger partial charge in [0.2, 0.25) is 17.7 Å².